The number of likely N-dealkylation sites (N-methyl/N-ethyl adjacent to an activating group) is 1. The highest BCUT2D eigenvalue weighted by Crippen LogP contribution is 2.30. The maximum atomic E-state index is 5.42. The van der Waals surface area contributed by atoms with E-state index in [9.17, 15) is 0 Å². The minimum atomic E-state index is 0. The lowest BCUT2D eigenvalue weighted by molar-refractivity contribution is 0.236. The minimum absolute atomic E-state index is 0. The number of hydrogen-bond donors (Lipinski definition) is 2. The van der Waals surface area contributed by atoms with Crippen LogP contribution >= 0.6 is 24.0 Å². The van der Waals surface area contributed by atoms with Gasteiger partial charge in [0.1, 0.15) is 11.5 Å². The number of piperidine rings is 1. The van der Waals surface area contributed by atoms with E-state index in [0.29, 0.717) is 12.1 Å². The van der Waals surface area contributed by atoms with Crippen LogP contribution < -0.4 is 25.0 Å². The first-order valence-corrected chi connectivity index (χ1v) is 11.3. The highest BCUT2D eigenvalue weighted by atomic mass is 127. The molecule has 7 nitrogen and oxygen atoms in total. The van der Waals surface area contributed by atoms with Gasteiger partial charge in [0.05, 0.1) is 20.8 Å². The zero-order valence-corrected chi connectivity index (χ0v) is 22.4. The zero-order chi connectivity index (χ0) is 21.9. The van der Waals surface area contributed by atoms with Crippen molar-refractivity contribution < 1.29 is 9.47 Å². The molecule has 2 rings (SSSR count). The molecule has 1 fully saturated rings. The van der Waals surface area contributed by atoms with Crippen LogP contribution in [0.5, 0.6) is 11.5 Å². The smallest absolute Gasteiger partial charge is 0.191 e. The van der Waals surface area contributed by atoms with Gasteiger partial charge in [0.2, 0.25) is 0 Å². The molecule has 0 spiro atoms. The van der Waals surface area contributed by atoms with Gasteiger partial charge in [-0.25, -0.2) is 0 Å². The van der Waals surface area contributed by atoms with Crippen LogP contribution in [0.4, 0.5) is 5.69 Å². The first-order valence-electron chi connectivity index (χ1n) is 11.3. The van der Waals surface area contributed by atoms with Crippen LogP contribution in [0.3, 0.4) is 0 Å². The Morgan fingerprint density at radius 1 is 1.10 bits per heavy atom. The average molecular weight is 548 g/mol. The Kier molecular flexibility index (Phi) is 13.0. The molecule has 8 heteroatoms. The predicted molar refractivity (Wildman–Crippen MR) is 142 cm³/mol. The van der Waals surface area contributed by atoms with Crippen LogP contribution in [0.1, 0.15) is 40.5 Å². The number of nitrogens with zero attached hydrogens (tertiary/aromatic N) is 3. The highest BCUT2D eigenvalue weighted by Gasteiger charge is 2.21. The number of methoxy groups -OCH3 is 2. The van der Waals surface area contributed by atoms with Crippen molar-refractivity contribution >= 4 is 35.6 Å². The van der Waals surface area contributed by atoms with Gasteiger partial charge in [0, 0.05) is 55.6 Å². The summed E-state index contributed by atoms with van der Waals surface area (Å²) in [5.74, 6) is 2.58. The van der Waals surface area contributed by atoms with E-state index in [1.165, 1.54) is 0 Å². The standard InChI is InChI=1S/C23H41N5O2.HI/c1-7-24-23(25-17-18(4)27(8-2)9-3)26-19-10-12-28(13-11-19)20-14-21(29-5)16-22(15-20)30-6;/h14-16,18-19H,7-13,17H2,1-6H3,(H2,24,25,26);1H. The van der Waals surface area contributed by atoms with E-state index >= 15 is 0 Å². The molecule has 0 aromatic heterocycles. The number of aliphatic imine (C=N–C) groups is 1. The third-order valence-corrected chi connectivity index (χ3v) is 5.83. The molecule has 0 radical (unpaired) electrons. The number of nitrogens with one attached hydrogen (secondary N) is 2. The van der Waals surface area contributed by atoms with E-state index < -0.39 is 0 Å². The summed E-state index contributed by atoms with van der Waals surface area (Å²) in [6, 6.07) is 6.94. The fourth-order valence-electron chi connectivity index (χ4n) is 3.96. The van der Waals surface area contributed by atoms with E-state index in [0.717, 1.165) is 75.3 Å². The Morgan fingerprint density at radius 2 is 1.68 bits per heavy atom. The number of rotatable bonds is 10. The van der Waals surface area contributed by atoms with Gasteiger partial charge in [-0.2, -0.15) is 0 Å². The normalized spacial score (nSPS) is 16.0. The topological polar surface area (TPSA) is 61.4 Å². The predicted octanol–water partition coefficient (Wildman–Crippen LogP) is 3.58. The van der Waals surface area contributed by atoms with Gasteiger partial charge in [0.15, 0.2) is 5.96 Å². The molecule has 1 aliphatic rings. The Hall–Kier alpha value is -1.42. The van der Waals surface area contributed by atoms with E-state index in [1.54, 1.807) is 14.2 Å². The summed E-state index contributed by atoms with van der Waals surface area (Å²) in [5, 5.41) is 7.06. The number of ether oxygens (including phenoxy) is 2. The Morgan fingerprint density at radius 3 is 2.16 bits per heavy atom. The maximum absolute atomic E-state index is 5.42. The van der Waals surface area contributed by atoms with Crippen LogP contribution in [-0.2, 0) is 0 Å². The van der Waals surface area contributed by atoms with Crippen LogP contribution in [0, 0.1) is 0 Å². The quantitative estimate of drug-likeness (QED) is 0.266. The Balaban J connectivity index is 0.00000480. The van der Waals surface area contributed by atoms with Crippen LogP contribution in [0.2, 0.25) is 0 Å². The molecule has 1 heterocycles. The van der Waals surface area contributed by atoms with Gasteiger partial charge in [0.25, 0.3) is 0 Å². The first kappa shape index (κ1) is 27.6. The lowest BCUT2D eigenvalue weighted by atomic mass is 10.0. The third kappa shape index (κ3) is 8.56. The largest absolute Gasteiger partial charge is 0.497 e. The number of guanidine groups is 1. The highest BCUT2D eigenvalue weighted by molar-refractivity contribution is 14.0. The molecule has 0 bridgehead atoms. The van der Waals surface area contributed by atoms with Crippen LogP contribution in [0.15, 0.2) is 23.2 Å². The summed E-state index contributed by atoms with van der Waals surface area (Å²) in [7, 11) is 3.38. The number of hydrogen-bond acceptors (Lipinski definition) is 5. The zero-order valence-electron chi connectivity index (χ0n) is 20.1. The van der Waals surface area contributed by atoms with Crippen molar-refractivity contribution in [2.24, 2.45) is 4.99 Å². The first-order chi connectivity index (χ1) is 14.5. The molecule has 0 saturated carbocycles. The van der Waals surface area contributed by atoms with Crippen molar-refractivity contribution in [3.8, 4) is 11.5 Å². The summed E-state index contributed by atoms with van der Waals surface area (Å²) in [5.41, 5.74) is 1.15. The van der Waals surface area contributed by atoms with Gasteiger partial charge in [-0.1, -0.05) is 13.8 Å². The van der Waals surface area contributed by atoms with E-state index in [1.807, 2.05) is 6.07 Å². The number of halogens is 1. The summed E-state index contributed by atoms with van der Waals surface area (Å²) in [6.45, 7) is 14.6. The molecule has 1 unspecified atom stereocenters. The third-order valence-electron chi connectivity index (χ3n) is 5.83. The Labute approximate surface area is 206 Å². The van der Waals surface area contributed by atoms with Crippen molar-refractivity contribution in [1.29, 1.82) is 0 Å². The molecule has 2 N–H and O–H groups in total. The second kappa shape index (κ2) is 14.6. The molecule has 0 aliphatic carbocycles. The van der Waals surface area contributed by atoms with Gasteiger partial charge in [-0.05, 0) is 39.8 Å². The average Bonchev–Trinajstić information content (AvgIpc) is 2.78. The van der Waals surface area contributed by atoms with E-state index in [-0.39, 0.29) is 24.0 Å². The molecular formula is C23H42IN5O2. The van der Waals surface area contributed by atoms with Gasteiger partial charge in [-0.3, -0.25) is 9.89 Å². The monoisotopic (exact) mass is 547 g/mol. The van der Waals surface area contributed by atoms with Crippen molar-refractivity contribution in [2.75, 3.05) is 58.4 Å². The number of anilines is 1. The SMILES string of the molecule is CCNC(=NCC(C)N(CC)CC)NC1CCN(c2cc(OC)cc(OC)c2)CC1.I. The van der Waals surface area contributed by atoms with Crippen molar-refractivity contribution in [3.05, 3.63) is 18.2 Å². The maximum Gasteiger partial charge on any atom is 0.191 e. The molecular weight excluding hydrogens is 505 g/mol. The van der Waals surface area contributed by atoms with Gasteiger partial charge < -0.3 is 25.0 Å². The summed E-state index contributed by atoms with van der Waals surface area (Å²) >= 11 is 0. The van der Waals surface area contributed by atoms with Gasteiger partial charge in [-0.15, -0.1) is 24.0 Å². The molecule has 1 aliphatic heterocycles. The Bertz CT molecular complexity index is 639. The van der Waals surface area contributed by atoms with E-state index in [2.05, 4.69) is 60.3 Å². The molecule has 1 saturated heterocycles. The molecule has 1 aromatic rings. The summed E-state index contributed by atoms with van der Waals surface area (Å²) in [4.78, 5) is 9.69. The second-order valence-electron chi connectivity index (χ2n) is 7.77. The fourth-order valence-corrected chi connectivity index (χ4v) is 3.96. The van der Waals surface area contributed by atoms with Crippen molar-refractivity contribution in [1.82, 2.24) is 15.5 Å². The van der Waals surface area contributed by atoms with Crippen molar-refractivity contribution in [2.45, 2.75) is 52.6 Å². The lowest BCUT2D eigenvalue weighted by Gasteiger charge is -2.35. The minimum Gasteiger partial charge on any atom is -0.497 e. The summed E-state index contributed by atoms with van der Waals surface area (Å²) < 4.78 is 10.8. The molecule has 31 heavy (non-hydrogen) atoms. The number of benzene rings is 1. The fraction of sp³-hybridized carbons (Fsp3) is 0.696. The van der Waals surface area contributed by atoms with Crippen LogP contribution in [-0.4, -0.2) is 76.4 Å². The second-order valence-corrected chi connectivity index (χ2v) is 7.77. The lowest BCUT2D eigenvalue weighted by Crippen LogP contribution is -2.49. The van der Waals surface area contributed by atoms with Gasteiger partial charge >= 0.3 is 0 Å². The van der Waals surface area contributed by atoms with Crippen molar-refractivity contribution in [3.63, 3.8) is 0 Å². The molecule has 178 valence electrons. The molecule has 1 atom stereocenters. The van der Waals surface area contributed by atoms with Crippen LogP contribution in [0.25, 0.3) is 0 Å². The molecule has 0 amide bonds. The molecule has 1 aromatic carbocycles. The van der Waals surface area contributed by atoms with E-state index in [4.69, 9.17) is 14.5 Å². The summed E-state index contributed by atoms with van der Waals surface area (Å²) in [6.07, 6.45) is 2.13.